The summed E-state index contributed by atoms with van der Waals surface area (Å²) in [5, 5.41) is 2.99. The monoisotopic (exact) mass is 303 g/mol. The number of carbonyl (C=O) groups is 2. The van der Waals surface area contributed by atoms with Crippen LogP contribution in [0.5, 0.6) is 0 Å². The molecule has 5 nitrogen and oxygen atoms in total. The molecule has 0 aliphatic carbocycles. The lowest BCUT2D eigenvalue weighted by atomic mass is 9.93. The number of aryl methyl sites for hydroxylation is 1. The molecule has 5 heteroatoms. The van der Waals surface area contributed by atoms with Gasteiger partial charge in [0.25, 0.3) is 0 Å². The van der Waals surface area contributed by atoms with E-state index in [2.05, 4.69) is 12.2 Å². The second-order valence-corrected chi connectivity index (χ2v) is 6.02. The molecule has 0 aromatic heterocycles. The van der Waals surface area contributed by atoms with Crippen molar-refractivity contribution >= 4 is 17.6 Å². The summed E-state index contributed by atoms with van der Waals surface area (Å²) in [6.07, 6.45) is 3.51. The summed E-state index contributed by atoms with van der Waals surface area (Å²) in [6, 6.07) is 7.82. The SMILES string of the molecule is CCCc1ccccc1NC(=O)N1C[C@H](C(N)=O)CC[C@@H]1C. The lowest BCUT2D eigenvalue weighted by Crippen LogP contribution is -2.50. The Balaban J connectivity index is 2.09. The molecule has 0 unspecified atom stereocenters. The van der Waals surface area contributed by atoms with Crippen molar-refractivity contribution in [3.8, 4) is 0 Å². The summed E-state index contributed by atoms with van der Waals surface area (Å²) in [4.78, 5) is 25.7. The average Bonchev–Trinajstić information content (AvgIpc) is 2.49. The summed E-state index contributed by atoms with van der Waals surface area (Å²) in [5.41, 5.74) is 7.38. The minimum Gasteiger partial charge on any atom is -0.369 e. The number of hydrogen-bond donors (Lipinski definition) is 2. The Morgan fingerprint density at radius 1 is 1.32 bits per heavy atom. The Bertz CT molecular complexity index is 544. The number of piperidine rings is 1. The molecule has 1 aromatic rings. The Kier molecular flexibility index (Phi) is 5.41. The van der Waals surface area contributed by atoms with E-state index in [0.717, 1.165) is 36.9 Å². The van der Waals surface area contributed by atoms with Gasteiger partial charge >= 0.3 is 6.03 Å². The number of nitrogens with one attached hydrogen (secondary N) is 1. The fraction of sp³-hybridized carbons (Fsp3) is 0.529. The van der Waals surface area contributed by atoms with E-state index in [1.165, 1.54) is 0 Å². The number of nitrogens with two attached hydrogens (primary N) is 1. The maximum Gasteiger partial charge on any atom is 0.322 e. The molecule has 1 fully saturated rings. The number of para-hydroxylation sites is 1. The first-order valence-corrected chi connectivity index (χ1v) is 7.97. The molecule has 1 aliphatic rings. The number of amides is 3. The molecule has 0 saturated carbocycles. The van der Waals surface area contributed by atoms with Gasteiger partial charge in [-0.3, -0.25) is 4.79 Å². The number of benzene rings is 1. The van der Waals surface area contributed by atoms with E-state index in [1.54, 1.807) is 4.90 Å². The van der Waals surface area contributed by atoms with Crippen molar-refractivity contribution in [2.75, 3.05) is 11.9 Å². The Morgan fingerprint density at radius 2 is 2.05 bits per heavy atom. The summed E-state index contributed by atoms with van der Waals surface area (Å²) in [6.45, 7) is 4.52. The van der Waals surface area contributed by atoms with Gasteiger partial charge in [-0.2, -0.15) is 0 Å². The predicted molar refractivity (Wildman–Crippen MR) is 87.5 cm³/mol. The van der Waals surface area contributed by atoms with Crippen molar-refractivity contribution in [3.05, 3.63) is 29.8 Å². The second kappa shape index (κ2) is 7.29. The van der Waals surface area contributed by atoms with E-state index in [4.69, 9.17) is 5.73 Å². The maximum atomic E-state index is 12.6. The molecule has 0 radical (unpaired) electrons. The number of anilines is 1. The van der Waals surface area contributed by atoms with Gasteiger partial charge in [-0.25, -0.2) is 4.79 Å². The molecule has 1 aliphatic heterocycles. The van der Waals surface area contributed by atoms with Gasteiger partial charge in [0.15, 0.2) is 0 Å². The summed E-state index contributed by atoms with van der Waals surface area (Å²) < 4.78 is 0. The molecule has 3 amide bonds. The zero-order chi connectivity index (χ0) is 16.1. The van der Waals surface area contributed by atoms with Crippen LogP contribution in [0, 0.1) is 5.92 Å². The molecule has 3 N–H and O–H groups in total. The molecule has 120 valence electrons. The van der Waals surface area contributed by atoms with Crippen molar-refractivity contribution in [3.63, 3.8) is 0 Å². The lowest BCUT2D eigenvalue weighted by molar-refractivity contribution is -0.123. The molecule has 1 heterocycles. The highest BCUT2D eigenvalue weighted by molar-refractivity contribution is 5.91. The second-order valence-electron chi connectivity index (χ2n) is 6.02. The molecular weight excluding hydrogens is 278 g/mol. The van der Waals surface area contributed by atoms with Crippen LogP contribution in [0.4, 0.5) is 10.5 Å². The van der Waals surface area contributed by atoms with Crippen molar-refractivity contribution < 1.29 is 9.59 Å². The Labute approximate surface area is 131 Å². The highest BCUT2D eigenvalue weighted by atomic mass is 16.2. The van der Waals surface area contributed by atoms with Gasteiger partial charge in [-0.05, 0) is 37.8 Å². The van der Waals surface area contributed by atoms with Crippen LogP contribution in [0.2, 0.25) is 0 Å². The maximum absolute atomic E-state index is 12.6. The smallest absolute Gasteiger partial charge is 0.322 e. The van der Waals surface area contributed by atoms with Crippen LogP contribution in [0.3, 0.4) is 0 Å². The van der Waals surface area contributed by atoms with E-state index in [9.17, 15) is 9.59 Å². The van der Waals surface area contributed by atoms with E-state index in [0.29, 0.717) is 6.54 Å². The van der Waals surface area contributed by atoms with Crippen LogP contribution in [0.15, 0.2) is 24.3 Å². The van der Waals surface area contributed by atoms with Crippen LogP contribution < -0.4 is 11.1 Å². The molecule has 1 saturated heterocycles. The normalized spacial score (nSPS) is 21.5. The average molecular weight is 303 g/mol. The number of likely N-dealkylation sites (tertiary alicyclic amines) is 1. The Hall–Kier alpha value is -2.04. The van der Waals surface area contributed by atoms with Gasteiger partial charge in [0.1, 0.15) is 0 Å². The Morgan fingerprint density at radius 3 is 2.73 bits per heavy atom. The van der Waals surface area contributed by atoms with Crippen LogP contribution in [0.25, 0.3) is 0 Å². The van der Waals surface area contributed by atoms with Gasteiger partial charge in [0, 0.05) is 18.3 Å². The van der Waals surface area contributed by atoms with Crippen LogP contribution in [-0.2, 0) is 11.2 Å². The van der Waals surface area contributed by atoms with E-state index in [1.807, 2.05) is 31.2 Å². The summed E-state index contributed by atoms with van der Waals surface area (Å²) >= 11 is 0. The standard InChI is InChI=1S/C17H25N3O2/c1-3-6-13-7-4-5-8-15(13)19-17(22)20-11-14(16(18)21)10-9-12(20)2/h4-5,7-8,12,14H,3,6,9-11H2,1-2H3,(H2,18,21)(H,19,22)/t12-,14+/m0/s1. The summed E-state index contributed by atoms with van der Waals surface area (Å²) in [5.74, 6) is -0.566. The number of nitrogens with zero attached hydrogens (tertiary/aromatic N) is 1. The molecule has 1 aromatic carbocycles. The summed E-state index contributed by atoms with van der Waals surface area (Å²) in [7, 11) is 0. The first-order valence-electron chi connectivity index (χ1n) is 7.97. The van der Waals surface area contributed by atoms with Gasteiger partial charge in [0.05, 0.1) is 5.92 Å². The minimum absolute atomic E-state index is 0.119. The highest BCUT2D eigenvalue weighted by Crippen LogP contribution is 2.24. The quantitative estimate of drug-likeness (QED) is 0.897. The minimum atomic E-state index is -0.323. The van der Waals surface area contributed by atoms with Crippen molar-refractivity contribution in [2.24, 2.45) is 11.7 Å². The van der Waals surface area contributed by atoms with E-state index in [-0.39, 0.29) is 23.9 Å². The van der Waals surface area contributed by atoms with Gasteiger partial charge in [0.2, 0.25) is 5.91 Å². The van der Waals surface area contributed by atoms with Crippen molar-refractivity contribution in [2.45, 2.75) is 45.6 Å². The third kappa shape index (κ3) is 3.78. The molecule has 22 heavy (non-hydrogen) atoms. The zero-order valence-electron chi connectivity index (χ0n) is 13.3. The first kappa shape index (κ1) is 16.3. The number of carbonyl (C=O) groups excluding carboxylic acids is 2. The lowest BCUT2D eigenvalue weighted by Gasteiger charge is -2.36. The van der Waals surface area contributed by atoms with E-state index >= 15 is 0 Å². The third-order valence-electron chi connectivity index (χ3n) is 4.32. The fourth-order valence-corrected chi connectivity index (χ4v) is 2.94. The highest BCUT2D eigenvalue weighted by Gasteiger charge is 2.31. The first-order chi connectivity index (χ1) is 10.5. The van der Waals surface area contributed by atoms with E-state index < -0.39 is 0 Å². The topological polar surface area (TPSA) is 75.4 Å². The molecular formula is C17H25N3O2. The number of urea groups is 1. The largest absolute Gasteiger partial charge is 0.369 e. The van der Waals surface area contributed by atoms with Crippen molar-refractivity contribution in [1.29, 1.82) is 0 Å². The van der Waals surface area contributed by atoms with Crippen molar-refractivity contribution in [1.82, 2.24) is 4.90 Å². The van der Waals surface area contributed by atoms with Crippen LogP contribution >= 0.6 is 0 Å². The van der Waals surface area contributed by atoms with Crippen LogP contribution in [-0.4, -0.2) is 29.4 Å². The van der Waals surface area contributed by atoms with Gasteiger partial charge in [-0.15, -0.1) is 0 Å². The van der Waals surface area contributed by atoms with Gasteiger partial charge in [-0.1, -0.05) is 31.5 Å². The molecule has 0 spiro atoms. The number of hydrogen-bond acceptors (Lipinski definition) is 2. The van der Waals surface area contributed by atoms with Crippen LogP contribution in [0.1, 0.15) is 38.7 Å². The number of rotatable bonds is 4. The third-order valence-corrected chi connectivity index (χ3v) is 4.32. The molecule has 2 atom stereocenters. The predicted octanol–water partition coefficient (Wildman–Crippen LogP) is 2.76. The molecule has 0 bridgehead atoms. The molecule has 2 rings (SSSR count). The number of primary amides is 1. The fourth-order valence-electron chi connectivity index (χ4n) is 2.94. The zero-order valence-corrected chi connectivity index (χ0v) is 13.3. The van der Waals surface area contributed by atoms with Gasteiger partial charge < -0.3 is 16.0 Å².